The maximum Gasteiger partial charge on any atom is 0.232 e. The van der Waals surface area contributed by atoms with E-state index in [1.165, 1.54) is 23.9 Å². The number of aliphatic hydroxyl groups excluding tert-OH is 2. The van der Waals surface area contributed by atoms with E-state index in [-0.39, 0.29) is 23.7 Å². The Kier molecular flexibility index (Phi) is 6.41. The number of sulfonamides is 1. The quantitative estimate of drug-likeness (QED) is 0.526. The Bertz CT molecular complexity index is 1090. The number of halogens is 1. The Morgan fingerprint density at radius 2 is 2.09 bits per heavy atom. The van der Waals surface area contributed by atoms with Gasteiger partial charge < -0.3 is 15.1 Å². The van der Waals surface area contributed by atoms with Crippen molar-refractivity contribution in [2.24, 2.45) is 10.9 Å². The molecule has 3 aliphatic rings. The maximum atomic E-state index is 14.6. The first kappa shape index (κ1) is 24.6. The Labute approximate surface area is 197 Å². The molecule has 4 rings (SSSR count). The molecule has 3 fully saturated rings. The molecule has 2 aliphatic heterocycles. The highest BCUT2D eigenvalue weighted by atomic mass is 32.2. The third-order valence-corrected chi connectivity index (χ3v) is 10.7. The van der Waals surface area contributed by atoms with Crippen molar-refractivity contribution < 1.29 is 27.8 Å². The van der Waals surface area contributed by atoms with Crippen molar-refractivity contribution in [3.05, 3.63) is 29.6 Å². The van der Waals surface area contributed by atoms with Gasteiger partial charge in [-0.3, -0.25) is 9.79 Å². The van der Waals surface area contributed by atoms with Gasteiger partial charge in [0.25, 0.3) is 0 Å². The summed E-state index contributed by atoms with van der Waals surface area (Å²) in [5.74, 6) is -0.794. The van der Waals surface area contributed by atoms with Crippen LogP contribution in [0.4, 0.5) is 10.1 Å². The molecule has 8 nitrogen and oxygen atoms in total. The molecule has 4 unspecified atom stereocenters. The molecule has 4 atom stereocenters. The zero-order chi connectivity index (χ0) is 24.2. The summed E-state index contributed by atoms with van der Waals surface area (Å²) in [6.45, 7) is 5.20. The number of rotatable bonds is 7. The van der Waals surface area contributed by atoms with Crippen molar-refractivity contribution >= 4 is 39.1 Å². The summed E-state index contributed by atoms with van der Waals surface area (Å²) in [7, 11) is -3.96. The van der Waals surface area contributed by atoms with Crippen LogP contribution >= 0.6 is 11.8 Å². The van der Waals surface area contributed by atoms with Gasteiger partial charge in [-0.2, -0.15) is 0 Å². The topological polar surface area (TPSA) is 119 Å². The number of hydrogen-bond acceptors (Lipinski definition) is 7. The first-order chi connectivity index (χ1) is 15.4. The maximum absolute atomic E-state index is 14.6. The predicted molar refractivity (Wildman–Crippen MR) is 125 cm³/mol. The molecule has 1 aromatic rings. The van der Waals surface area contributed by atoms with Crippen LogP contribution in [0.25, 0.3) is 0 Å². The minimum atomic E-state index is -3.96. The Morgan fingerprint density at radius 3 is 2.70 bits per heavy atom. The van der Waals surface area contributed by atoms with Crippen LogP contribution < -0.4 is 4.72 Å². The van der Waals surface area contributed by atoms with Crippen molar-refractivity contribution in [3.8, 4) is 0 Å². The number of benzene rings is 1. The van der Waals surface area contributed by atoms with Crippen LogP contribution in [-0.2, 0) is 14.8 Å². The van der Waals surface area contributed by atoms with E-state index < -0.39 is 50.1 Å². The molecule has 0 spiro atoms. The van der Waals surface area contributed by atoms with E-state index in [0.29, 0.717) is 25.1 Å². The van der Waals surface area contributed by atoms with Gasteiger partial charge in [-0.15, -0.1) is 11.8 Å². The average molecular weight is 500 g/mol. The first-order valence-electron chi connectivity index (χ1n) is 11.0. The average Bonchev–Trinajstić information content (AvgIpc) is 3.44. The van der Waals surface area contributed by atoms with Crippen molar-refractivity contribution in [3.63, 3.8) is 0 Å². The number of nitrogens with one attached hydrogen (secondary N) is 1. The van der Waals surface area contributed by atoms with Gasteiger partial charge in [0.1, 0.15) is 10.7 Å². The number of fused-ring (bicyclic) bond motifs is 1. The fraction of sp³-hybridized carbons (Fsp3) is 0.636. The van der Waals surface area contributed by atoms with Crippen LogP contribution in [-0.4, -0.2) is 75.8 Å². The van der Waals surface area contributed by atoms with E-state index in [1.54, 1.807) is 24.8 Å². The van der Waals surface area contributed by atoms with E-state index in [1.807, 2.05) is 6.92 Å². The molecule has 1 saturated carbocycles. The van der Waals surface area contributed by atoms with E-state index >= 15 is 0 Å². The summed E-state index contributed by atoms with van der Waals surface area (Å²) in [4.78, 5) is 18.4. The minimum absolute atomic E-state index is 0.0522. The van der Waals surface area contributed by atoms with Gasteiger partial charge in [0.05, 0.1) is 40.8 Å². The number of aliphatic imine (C=N–C) groups is 1. The van der Waals surface area contributed by atoms with Gasteiger partial charge in [-0.25, -0.2) is 17.5 Å². The number of nitrogens with zero attached hydrogens (tertiary/aromatic N) is 2. The van der Waals surface area contributed by atoms with Gasteiger partial charge >= 0.3 is 0 Å². The molecule has 0 aromatic heterocycles. The molecule has 0 bridgehead atoms. The third-order valence-electron chi connectivity index (χ3n) is 6.98. The number of amides is 1. The van der Waals surface area contributed by atoms with Crippen LogP contribution in [0.15, 0.2) is 23.2 Å². The van der Waals surface area contributed by atoms with E-state index in [4.69, 9.17) is 0 Å². The lowest BCUT2D eigenvalue weighted by molar-refractivity contribution is -0.136. The SMILES string of the molecule is Cc1ccc(N=C2C(C)C(=O)N3CCSC3(C)C2NS(=O)(=O)C2(CC(O)CO)CC2)c(F)c1. The molecule has 182 valence electrons. The summed E-state index contributed by atoms with van der Waals surface area (Å²) in [6.07, 6.45) is -0.480. The summed E-state index contributed by atoms with van der Waals surface area (Å²) < 4.78 is 43.3. The lowest BCUT2D eigenvalue weighted by Gasteiger charge is -2.47. The third kappa shape index (κ3) is 4.22. The van der Waals surface area contributed by atoms with Crippen LogP contribution in [0.5, 0.6) is 0 Å². The fourth-order valence-corrected chi connectivity index (χ4v) is 8.17. The number of carbonyl (C=O) groups excluding carboxylic acids is 1. The largest absolute Gasteiger partial charge is 0.394 e. The molecule has 11 heteroatoms. The Hall–Kier alpha value is -1.53. The molecular formula is C22H30FN3O5S2. The van der Waals surface area contributed by atoms with Crippen molar-refractivity contribution in [2.75, 3.05) is 18.9 Å². The molecule has 0 radical (unpaired) electrons. The second-order valence-corrected chi connectivity index (χ2v) is 13.0. The smallest absolute Gasteiger partial charge is 0.232 e. The highest BCUT2D eigenvalue weighted by molar-refractivity contribution is 8.01. The highest BCUT2D eigenvalue weighted by Gasteiger charge is 2.60. The molecule has 3 N–H and O–H groups in total. The number of aryl methyl sites for hydroxylation is 1. The summed E-state index contributed by atoms with van der Waals surface area (Å²) >= 11 is 1.47. The first-order valence-corrected chi connectivity index (χ1v) is 13.5. The zero-order valence-electron chi connectivity index (χ0n) is 18.9. The minimum Gasteiger partial charge on any atom is -0.394 e. The van der Waals surface area contributed by atoms with Gasteiger partial charge in [-0.05, 0) is 57.7 Å². The van der Waals surface area contributed by atoms with Crippen molar-refractivity contribution in [1.82, 2.24) is 9.62 Å². The van der Waals surface area contributed by atoms with Gasteiger partial charge in [0.2, 0.25) is 15.9 Å². The molecule has 1 aliphatic carbocycles. The second kappa shape index (κ2) is 8.60. The normalized spacial score (nSPS) is 31.0. The predicted octanol–water partition coefficient (Wildman–Crippen LogP) is 1.71. The molecule has 2 heterocycles. The van der Waals surface area contributed by atoms with E-state index in [9.17, 15) is 27.8 Å². The van der Waals surface area contributed by atoms with E-state index in [0.717, 1.165) is 5.56 Å². The fourth-order valence-electron chi connectivity index (χ4n) is 4.77. The molecule has 1 amide bonds. The molecule has 2 saturated heterocycles. The van der Waals surface area contributed by atoms with Crippen molar-refractivity contribution in [2.45, 2.75) is 61.8 Å². The summed E-state index contributed by atoms with van der Waals surface area (Å²) in [5.41, 5.74) is 1.05. The number of thioether (sulfide) groups is 1. The molecule has 1 aromatic carbocycles. The van der Waals surface area contributed by atoms with E-state index in [2.05, 4.69) is 9.71 Å². The van der Waals surface area contributed by atoms with Crippen LogP contribution in [0, 0.1) is 18.7 Å². The van der Waals surface area contributed by atoms with Crippen LogP contribution in [0.1, 0.15) is 38.7 Å². The van der Waals surface area contributed by atoms with Gasteiger partial charge in [0, 0.05) is 12.3 Å². The number of aliphatic hydroxyl groups is 2. The van der Waals surface area contributed by atoms with Crippen LogP contribution in [0.2, 0.25) is 0 Å². The summed E-state index contributed by atoms with van der Waals surface area (Å²) in [6, 6.07) is 3.72. The molecular weight excluding hydrogens is 469 g/mol. The standard InChI is InChI=1S/C22H30FN3O5S2/c1-13-4-5-17(16(23)10-13)24-18-14(2)20(29)26-8-9-32-21(26,3)19(18)25-33(30,31)22(6-7-22)11-15(28)12-27/h4-5,10,14-15,19,25,27-28H,6-9,11-12H2,1-3H3. The Balaban J connectivity index is 1.77. The lowest BCUT2D eigenvalue weighted by atomic mass is 9.87. The van der Waals surface area contributed by atoms with Gasteiger partial charge in [-0.1, -0.05) is 6.07 Å². The molecule has 33 heavy (non-hydrogen) atoms. The second-order valence-electron chi connectivity index (χ2n) is 9.38. The summed E-state index contributed by atoms with van der Waals surface area (Å²) in [5, 5.41) is 19.1. The zero-order valence-corrected chi connectivity index (χ0v) is 20.5. The van der Waals surface area contributed by atoms with Gasteiger partial charge in [0.15, 0.2) is 0 Å². The number of carbonyl (C=O) groups is 1. The Morgan fingerprint density at radius 1 is 1.39 bits per heavy atom. The van der Waals surface area contributed by atoms with Crippen LogP contribution in [0.3, 0.4) is 0 Å². The highest BCUT2D eigenvalue weighted by Crippen LogP contribution is 2.49. The number of hydrogen-bond donors (Lipinski definition) is 3. The number of piperidine rings is 1. The lowest BCUT2D eigenvalue weighted by Crippen LogP contribution is -2.68. The van der Waals surface area contributed by atoms with Crippen molar-refractivity contribution in [1.29, 1.82) is 0 Å². The monoisotopic (exact) mass is 499 g/mol.